The number of imidazole rings is 1. The quantitative estimate of drug-likeness (QED) is 0.403. The van der Waals surface area contributed by atoms with E-state index < -0.39 is 0 Å². The third kappa shape index (κ3) is 4.21. The maximum atomic E-state index is 12.1. The molecule has 1 aromatic heterocycles. The Balaban J connectivity index is 1.65. The number of nitrogens with zero attached hydrogens (tertiary/aromatic N) is 2. The number of piperidine rings is 1. The van der Waals surface area contributed by atoms with E-state index in [1.54, 1.807) is 10.8 Å². The molecule has 1 saturated heterocycles. The van der Waals surface area contributed by atoms with Crippen molar-refractivity contribution in [1.82, 2.24) is 9.55 Å². The average molecular weight is 371 g/mol. The van der Waals surface area contributed by atoms with Gasteiger partial charge in [0, 0.05) is 48.7 Å². The van der Waals surface area contributed by atoms with Gasteiger partial charge in [0.25, 0.3) is 0 Å². The van der Waals surface area contributed by atoms with E-state index in [0.29, 0.717) is 6.54 Å². The molecule has 1 fully saturated rings. The largest absolute Gasteiger partial charge is 0.469 e. The molecule has 4 N–H and O–H groups in total. The van der Waals surface area contributed by atoms with Crippen molar-refractivity contribution in [2.75, 3.05) is 25.1 Å². The summed E-state index contributed by atoms with van der Waals surface area (Å²) in [4.78, 5) is 28.5. The van der Waals surface area contributed by atoms with E-state index in [2.05, 4.69) is 14.6 Å². The molecule has 0 bridgehead atoms. The zero-order chi connectivity index (χ0) is 19.4. The van der Waals surface area contributed by atoms with Gasteiger partial charge in [-0.1, -0.05) is 0 Å². The first kappa shape index (κ1) is 18.8. The number of rotatable bonds is 6. The lowest BCUT2D eigenvalue weighted by Crippen LogP contribution is -2.34. The van der Waals surface area contributed by atoms with Crippen LogP contribution in [0, 0.1) is 5.41 Å². The minimum Gasteiger partial charge on any atom is -0.469 e. The fraction of sp³-hybridized carbons (Fsp3) is 0.421. The van der Waals surface area contributed by atoms with E-state index in [-0.39, 0.29) is 29.8 Å². The van der Waals surface area contributed by atoms with E-state index in [1.165, 1.54) is 7.11 Å². The van der Waals surface area contributed by atoms with E-state index >= 15 is 0 Å². The van der Waals surface area contributed by atoms with Crippen LogP contribution in [0.25, 0.3) is 0 Å². The Hall–Kier alpha value is -3.03. The second-order valence-corrected chi connectivity index (χ2v) is 6.72. The van der Waals surface area contributed by atoms with Crippen molar-refractivity contribution in [2.45, 2.75) is 31.7 Å². The lowest BCUT2D eigenvalue weighted by Gasteiger charge is -2.34. The molecule has 0 amide bonds. The molecule has 2 aromatic rings. The third-order valence-corrected chi connectivity index (χ3v) is 5.12. The Bertz CT molecular complexity index is 860. The van der Waals surface area contributed by atoms with Gasteiger partial charge >= 0.3 is 11.7 Å². The highest BCUT2D eigenvalue weighted by molar-refractivity contribution is 5.95. The van der Waals surface area contributed by atoms with Crippen molar-refractivity contribution in [1.29, 1.82) is 5.41 Å². The van der Waals surface area contributed by atoms with Crippen molar-refractivity contribution in [3.63, 3.8) is 0 Å². The number of amidine groups is 1. The molecule has 1 aromatic carbocycles. The molecule has 3 rings (SSSR count). The van der Waals surface area contributed by atoms with Gasteiger partial charge in [-0.15, -0.1) is 0 Å². The van der Waals surface area contributed by atoms with Gasteiger partial charge < -0.3 is 20.4 Å². The standard InChI is InChI=1S/C19H25N5O3/c1-27-17(25)8-11-24-16(12-22-19(24)26)13-6-9-23(10-7-13)15-4-2-14(3-5-15)18(20)21/h2-5,12-13H,6-11H2,1H3,(H3,20,21)(H,22,26). The van der Waals surface area contributed by atoms with Crippen LogP contribution in [0.4, 0.5) is 5.69 Å². The highest BCUT2D eigenvalue weighted by Crippen LogP contribution is 2.30. The fourth-order valence-electron chi connectivity index (χ4n) is 3.57. The summed E-state index contributed by atoms with van der Waals surface area (Å²) >= 11 is 0. The first-order chi connectivity index (χ1) is 13.0. The number of H-pyrrole nitrogens is 1. The Morgan fingerprint density at radius 1 is 1.30 bits per heavy atom. The number of nitrogen functional groups attached to an aromatic ring is 1. The average Bonchev–Trinajstić information content (AvgIpc) is 3.06. The number of aromatic amines is 1. The molecule has 27 heavy (non-hydrogen) atoms. The van der Waals surface area contributed by atoms with Crippen LogP contribution in [0.5, 0.6) is 0 Å². The fourth-order valence-corrected chi connectivity index (χ4v) is 3.57. The third-order valence-electron chi connectivity index (χ3n) is 5.12. The molecule has 144 valence electrons. The van der Waals surface area contributed by atoms with Crippen LogP contribution in [-0.2, 0) is 16.1 Å². The van der Waals surface area contributed by atoms with Gasteiger partial charge in [0.05, 0.1) is 13.5 Å². The van der Waals surface area contributed by atoms with E-state index in [1.807, 2.05) is 24.3 Å². The summed E-state index contributed by atoms with van der Waals surface area (Å²) < 4.78 is 6.32. The topological polar surface area (TPSA) is 117 Å². The first-order valence-corrected chi connectivity index (χ1v) is 9.04. The monoisotopic (exact) mass is 371 g/mol. The van der Waals surface area contributed by atoms with Gasteiger partial charge in [0.2, 0.25) is 0 Å². The molecule has 0 spiro atoms. The van der Waals surface area contributed by atoms with Crippen LogP contribution in [0.2, 0.25) is 0 Å². The minimum absolute atomic E-state index is 0.0673. The summed E-state index contributed by atoms with van der Waals surface area (Å²) in [6.07, 6.45) is 3.79. The Labute approximate surface area is 157 Å². The number of hydrogen-bond acceptors (Lipinski definition) is 5. The molecule has 2 heterocycles. The molecule has 0 aliphatic carbocycles. The normalized spacial score (nSPS) is 14.9. The molecular weight excluding hydrogens is 346 g/mol. The summed E-state index contributed by atoms with van der Waals surface area (Å²) in [5.41, 5.74) is 8.10. The second kappa shape index (κ2) is 8.11. The lowest BCUT2D eigenvalue weighted by molar-refractivity contribution is -0.140. The van der Waals surface area contributed by atoms with Crippen molar-refractivity contribution in [3.8, 4) is 0 Å². The number of hydrogen-bond donors (Lipinski definition) is 3. The molecule has 8 nitrogen and oxygen atoms in total. The predicted octanol–water partition coefficient (Wildman–Crippen LogP) is 1.41. The van der Waals surface area contributed by atoms with Crippen molar-refractivity contribution in [3.05, 3.63) is 52.2 Å². The summed E-state index contributed by atoms with van der Waals surface area (Å²) in [6, 6.07) is 7.69. The number of methoxy groups -OCH3 is 1. The van der Waals surface area contributed by atoms with Crippen molar-refractivity contribution < 1.29 is 9.53 Å². The number of nitrogens with one attached hydrogen (secondary N) is 2. The van der Waals surface area contributed by atoms with Crippen LogP contribution in [0.1, 0.15) is 36.4 Å². The molecule has 0 unspecified atom stereocenters. The first-order valence-electron chi connectivity index (χ1n) is 9.04. The van der Waals surface area contributed by atoms with Gasteiger partial charge in [0.1, 0.15) is 5.84 Å². The van der Waals surface area contributed by atoms with Crippen LogP contribution in [0.3, 0.4) is 0 Å². The smallest absolute Gasteiger partial charge is 0.325 e. The number of carbonyl (C=O) groups excluding carboxylic acids is 1. The Kier molecular flexibility index (Phi) is 5.63. The van der Waals surface area contributed by atoms with Crippen LogP contribution in [-0.4, -0.2) is 41.6 Å². The predicted molar refractivity (Wildman–Crippen MR) is 103 cm³/mol. The van der Waals surface area contributed by atoms with Gasteiger partial charge in [-0.05, 0) is 37.1 Å². The van der Waals surface area contributed by atoms with Gasteiger partial charge in [-0.2, -0.15) is 0 Å². The van der Waals surface area contributed by atoms with Crippen LogP contribution in [0.15, 0.2) is 35.3 Å². The van der Waals surface area contributed by atoms with Crippen LogP contribution >= 0.6 is 0 Å². The van der Waals surface area contributed by atoms with Gasteiger partial charge in [-0.25, -0.2) is 4.79 Å². The summed E-state index contributed by atoms with van der Waals surface area (Å²) in [6.45, 7) is 2.08. The molecule has 0 radical (unpaired) electrons. The van der Waals surface area contributed by atoms with Crippen LogP contribution < -0.4 is 16.3 Å². The van der Waals surface area contributed by atoms with E-state index in [4.69, 9.17) is 11.1 Å². The zero-order valence-electron chi connectivity index (χ0n) is 15.4. The lowest BCUT2D eigenvalue weighted by atomic mass is 9.93. The molecule has 0 saturated carbocycles. The maximum Gasteiger partial charge on any atom is 0.325 e. The minimum atomic E-state index is -0.321. The number of carbonyl (C=O) groups is 1. The Morgan fingerprint density at radius 3 is 2.56 bits per heavy atom. The van der Waals surface area contributed by atoms with Crippen molar-refractivity contribution in [2.24, 2.45) is 5.73 Å². The number of benzene rings is 1. The molecule has 1 aliphatic rings. The maximum absolute atomic E-state index is 12.1. The zero-order valence-corrected chi connectivity index (χ0v) is 15.4. The van der Waals surface area contributed by atoms with Gasteiger partial charge in [-0.3, -0.25) is 14.8 Å². The number of anilines is 1. The SMILES string of the molecule is COC(=O)CCn1c(C2CCN(c3ccc(C(=N)N)cc3)CC2)c[nH]c1=O. The summed E-state index contributed by atoms with van der Waals surface area (Å²) in [5.74, 6) is 0.0184. The second-order valence-electron chi connectivity index (χ2n) is 6.72. The number of aromatic nitrogens is 2. The molecule has 0 atom stereocenters. The highest BCUT2D eigenvalue weighted by atomic mass is 16.5. The number of esters is 1. The molecule has 8 heteroatoms. The molecule has 1 aliphatic heterocycles. The molecular formula is C19H25N5O3. The number of ether oxygens (including phenoxy) is 1. The van der Waals surface area contributed by atoms with Gasteiger partial charge in [0.15, 0.2) is 0 Å². The summed E-state index contributed by atoms with van der Waals surface area (Å²) in [5, 5.41) is 7.47. The van der Waals surface area contributed by atoms with E-state index in [9.17, 15) is 9.59 Å². The van der Waals surface area contributed by atoms with Crippen molar-refractivity contribution >= 4 is 17.5 Å². The highest BCUT2D eigenvalue weighted by Gasteiger charge is 2.24. The Morgan fingerprint density at radius 2 is 1.96 bits per heavy atom. The van der Waals surface area contributed by atoms with E-state index in [0.717, 1.165) is 42.9 Å². The summed E-state index contributed by atoms with van der Waals surface area (Å²) in [7, 11) is 1.35. The number of nitrogens with two attached hydrogens (primary N) is 1.